The second-order valence-corrected chi connectivity index (χ2v) is 8.79. The zero-order chi connectivity index (χ0) is 17.4. The lowest BCUT2D eigenvalue weighted by Gasteiger charge is -2.36. The van der Waals surface area contributed by atoms with E-state index >= 15 is 0 Å². The molecule has 4 fully saturated rings. The van der Waals surface area contributed by atoms with Crippen LogP contribution in [0.4, 0.5) is 0 Å². The molecule has 2 heterocycles. The molecular formula is C20H33N3O2. The number of hydrogen-bond acceptors (Lipinski definition) is 3. The van der Waals surface area contributed by atoms with E-state index < -0.39 is 0 Å². The second-order valence-electron chi connectivity index (χ2n) is 8.79. The van der Waals surface area contributed by atoms with Gasteiger partial charge in [-0.1, -0.05) is 12.8 Å². The largest absolute Gasteiger partial charge is 0.351 e. The van der Waals surface area contributed by atoms with E-state index in [1.807, 2.05) is 4.90 Å². The van der Waals surface area contributed by atoms with Crippen LogP contribution in [0.5, 0.6) is 0 Å². The van der Waals surface area contributed by atoms with Crippen molar-refractivity contribution < 1.29 is 9.59 Å². The van der Waals surface area contributed by atoms with Gasteiger partial charge in [0.15, 0.2) is 0 Å². The number of carbonyl (C=O) groups excluding carboxylic acids is 2. The van der Waals surface area contributed by atoms with Crippen molar-refractivity contribution in [2.24, 2.45) is 17.8 Å². The summed E-state index contributed by atoms with van der Waals surface area (Å²) in [5.74, 6) is 1.76. The highest BCUT2D eigenvalue weighted by Crippen LogP contribution is 2.41. The average Bonchev–Trinajstić information content (AvgIpc) is 3.14. The van der Waals surface area contributed by atoms with Crippen LogP contribution in [0.2, 0.25) is 0 Å². The Hall–Kier alpha value is -1.10. The zero-order valence-corrected chi connectivity index (χ0v) is 15.6. The Bertz CT molecular complexity index is 505. The molecule has 0 aromatic heterocycles. The maximum absolute atomic E-state index is 12.8. The maximum Gasteiger partial charge on any atom is 0.223 e. The summed E-state index contributed by atoms with van der Waals surface area (Å²) in [6, 6.07) is 0.957. The Morgan fingerprint density at radius 3 is 2.20 bits per heavy atom. The molecule has 2 unspecified atom stereocenters. The molecule has 0 spiro atoms. The third-order valence-corrected chi connectivity index (χ3v) is 7.11. The number of rotatable bonds is 4. The van der Waals surface area contributed by atoms with E-state index in [1.165, 1.54) is 38.5 Å². The fraction of sp³-hybridized carbons (Fsp3) is 0.900. The van der Waals surface area contributed by atoms with Crippen molar-refractivity contribution >= 4 is 11.8 Å². The number of carbonyl (C=O) groups is 2. The SMILES string of the molecule is CC(=O)N1CC(NC(=O)C2CCN(C3CCCC3)CC2)C(C2CC2)C1. The minimum absolute atomic E-state index is 0.146. The molecule has 0 bridgehead atoms. The first-order valence-electron chi connectivity index (χ1n) is 10.4. The molecule has 5 nitrogen and oxygen atoms in total. The topological polar surface area (TPSA) is 52.7 Å². The first-order valence-corrected chi connectivity index (χ1v) is 10.4. The van der Waals surface area contributed by atoms with E-state index in [9.17, 15) is 9.59 Å². The van der Waals surface area contributed by atoms with Gasteiger partial charge in [-0.2, -0.15) is 0 Å². The highest BCUT2D eigenvalue weighted by molar-refractivity contribution is 5.79. The third-order valence-electron chi connectivity index (χ3n) is 7.11. The lowest BCUT2D eigenvalue weighted by atomic mass is 9.92. The van der Waals surface area contributed by atoms with E-state index in [0.29, 0.717) is 12.5 Å². The zero-order valence-electron chi connectivity index (χ0n) is 15.6. The smallest absolute Gasteiger partial charge is 0.223 e. The molecule has 2 aliphatic heterocycles. The quantitative estimate of drug-likeness (QED) is 0.846. The van der Waals surface area contributed by atoms with Crippen LogP contribution in [0.1, 0.15) is 58.3 Å². The molecule has 2 amide bonds. The van der Waals surface area contributed by atoms with Gasteiger partial charge in [0, 0.05) is 37.9 Å². The van der Waals surface area contributed by atoms with E-state index in [1.54, 1.807) is 6.92 Å². The fourth-order valence-corrected chi connectivity index (χ4v) is 5.34. The van der Waals surface area contributed by atoms with Crippen molar-refractivity contribution in [3.05, 3.63) is 0 Å². The van der Waals surface area contributed by atoms with Crippen molar-refractivity contribution in [3.8, 4) is 0 Å². The molecule has 0 aromatic carbocycles. The monoisotopic (exact) mass is 347 g/mol. The molecule has 2 saturated carbocycles. The normalized spacial score (nSPS) is 32.3. The molecule has 25 heavy (non-hydrogen) atoms. The van der Waals surface area contributed by atoms with Gasteiger partial charge >= 0.3 is 0 Å². The first kappa shape index (κ1) is 17.3. The molecule has 2 aliphatic carbocycles. The number of nitrogens with one attached hydrogen (secondary N) is 1. The lowest BCUT2D eigenvalue weighted by Crippen LogP contribution is -2.48. The number of piperidine rings is 1. The Morgan fingerprint density at radius 2 is 1.60 bits per heavy atom. The molecule has 1 N–H and O–H groups in total. The van der Waals surface area contributed by atoms with Gasteiger partial charge in [0.2, 0.25) is 11.8 Å². The second kappa shape index (κ2) is 7.26. The average molecular weight is 348 g/mol. The van der Waals surface area contributed by atoms with Crippen molar-refractivity contribution in [1.82, 2.24) is 15.1 Å². The van der Waals surface area contributed by atoms with Gasteiger partial charge in [-0.05, 0) is 57.5 Å². The van der Waals surface area contributed by atoms with Crippen molar-refractivity contribution in [2.45, 2.75) is 70.4 Å². The molecule has 140 valence electrons. The number of nitrogens with zero attached hydrogens (tertiary/aromatic N) is 2. The molecule has 4 aliphatic rings. The van der Waals surface area contributed by atoms with Crippen LogP contribution in [-0.4, -0.2) is 59.9 Å². The molecule has 4 rings (SSSR count). The Kier molecular flexibility index (Phi) is 5.03. The summed E-state index contributed by atoms with van der Waals surface area (Å²) < 4.78 is 0. The molecule has 0 aromatic rings. The van der Waals surface area contributed by atoms with Gasteiger partial charge in [-0.25, -0.2) is 0 Å². The fourth-order valence-electron chi connectivity index (χ4n) is 5.34. The summed E-state index contributed by atoms with van der Waals surface area (Å²) in [5.41, 5.74) is 0. The van der Waals surface area contributed by atoms with Gasteiger partial charge in [-0.15, -0.1) is 0 Å². The predicted molar refractivity (Wildman–Crippen MR) is 97.0 cm³/mol. The van der Waals surface area contributed by atoms with Gasteiger partial charge < -0.3 is 15.1 Å². The minimum atomic E-state index is 0.146. The Labute approximate surface area is 151 Å². The highest BCUT2D eigenvalue weighted by Gasteiger charge is 2.44. The maximum atomic E-state index is 12.8. The Balaban J connectivity index is 1.29. The van der Waals surface area contributed by atoms with Crippen molar-refractivity contribution in [2.75, 3.05) is 26.2 Å². The van der Waals surface area contributed by atoms with Crippen LogP contribution < -0.4 is 5.32 Å². The van der Waals surface area contributed by atoms with Gasteiger partial charge in [0.1, 0.15) is 0 Å². The number of amides is 2. The molecule has 2 atom stereocenters. The summed E-state index contributed by atoms with van der Waals surface area (Å²) in [6.45, 7) is 5.36. The van der Waals surface area contributed by atoms with Gasteiger partial charge in [0.25, 0.3) is 0 Å². The van der Waals surface area contributed by atoms with Gasteiger partial charge in [-0.3, -0.25) is 9.59 Å². The summed E-state index contributed by atoms with van der Waals surface area (Å²) >= 11 is 0. The van der Waals surface area contributed by atoms with Gasteiger partial charge in [0.05, 0.1) is 6.04 Å². The summed E-state index contributed by atoms with van der Waals surface area (Å²) in [6.07, 6.45) is 9.99. The van der Waals surface area contributed by atoms with Crippen molar-refractivity contribution in [1.29, 1.82) is 0 Å². The number of hydrogen-bond donors (Lipinski definition) is 1. The third kappa shape index (κ3) is 3.86. The highest BCUT2D eigenvalue weighted by atomic mass is 16.2. The van der Waals surface area contributed by atoms with Crippen LogP contribution in [0.25, 0.3) is 0 Å². The van der Waals surface area contributed by atoms with E-state index in [0.717, 1.165) is 44.4 Å². The Morgan fingerprint density at radius 1 is 0.920 bits per heavy atom. The van der Waals surface area contributed by atoms with E-state index in [2.05, 4.69) is 10.2 Å². The summed E-state index contributed by atoms with van der Waals surface area (Å²) in [4.78, 5) is 29.1. The standard InChI is InChI=1S/C20H33N3O2/c1-14(24)23-12-18(15-6-7-15)19(13-23)21-20(25)16-8-10-22(11-9-16)17-4-2-3-5-17/h15-19H,2-13H2,1H3,(H,21,25). The van der Waals surface area contributed by atoms with Crippen LogP contribution in [0.3, 0.4) is 0 Å². The molecule has 0 radical (unpaired) electrons. The predicted octanol–water partition coefficient (Wildman–Crippen LogP) is 2.01. The minimum Gasteiger partial charge on any atom is -0.351 e. The van der Waals surface area contributed by atoms with E-state index in [-0.39, 0.29) is 23.8 Å². The first-order chi connectivity index (χ1) is 12.1. The van der Waals surface area contributed by atoms with Crippen molar-refractivity contribution in [3.63, 3.8) is 0 Å². The summed E-state index contributed by atoms with van der Waals surface area (Å²) in [7, 11) is 0. The van der Waals surface area contributed by atoms with Crippen LogP contribution in [-0.2, 0) is 9.59 Å². The van der Waals surface area contributed by atoms with Crippen LogP contribution in [0, 0.1) is 17.8 Å². The molecular weight excluding hydrogens is 314 g/mol. The number of likely N-dealkylation sites (tertiary alicyclic amines) is 2. The lowest BCUT2D eigenvalue weighted by molar-refractivity contribution is -0.129. The van der Waals surface area contributed by atoms with E-state index in [4.69, 9.17) is 0 Å². The molecule has 2 saturated heterocycles. The summed E-state index contributed by atoms with van der Waals surface area (Å²) in [5, 5.41) is 3.34. The molecule has 5 heteroatoms. The van der Waals surface area contributed by atoms with Crippen LogP contribution >= 0.6 is 0 Å². The van der Waals surface area contributed by atoms with Crippen LogP contribution in [0.15, 0.2) is 0 Å².